The maximum absolute atomic E-state index is 13.0. The Labute approximate surface area is 180 Å². The highest BCUT2D eigenvalue weighted by Gasteiger charge is 2.33. The number of nitrogens with one attached hydrogen (secondary N) is 1. The zero-order chi connectivity index (χ0) is 22.7. The lowest BCUT2D eigenvalue weighted by atomic mass is 9.96. The third-order valence-corrected chi connectivity index (χ3v) is 6.39. The van der Waals surface area contributed by atoms with Crippen molar-refractivity contribution in [2.24, 2.45) is 5.92 Å². The summed E-state index contributed by atoms with van der Waals surface area (Å²) in [6, 6.07) is 5.08. The minimum absolute atomic E-state index is 0.0144. The van der Waals surface area contributed by atoms with Gasteiger partial charge in [0.25, 0.3) is 15.9 Å². The van der Waals surface area contributed by atoms with Crippen LogP contribution >= 0.6 is 0 Å². The van der Waals surface area contributed by atoms with Gasteiger partial charge in [-0.3, -0.25) is 10.0 Å². The molecule has 0 aliphatic rings. The quantitative estimate of drug-likeness (QED) is 0.366. The van der Waals surface area contributed by atoms with E-state index >= 15 is 0 Å². The van der Waals surface area contributed by atoms with Crippen LogP contribution < -0.4 is 5.32 Å². The Balaban J connectivity index is 3.21. The van der Waals surface area contributed by atoms with E-state index in [1.165, 1.54) is 30.3 Å². The summed E-state index contributed by atoms with van der Waals surface area (Å²) in [5, 5.41) is 13.3. The first kappa shape index (κ1) is 25.6. The highest BCUT2D eigenvalue weighted by atomic mass is 32.2. The van der Waals surface area contributed by atoms with Crippen LogP contribution in [0.4, 0.5) is 0 Å². The van der Waals surface area contributed by atoms with Crippen LogP contribution in [0.15, 0.2) is 78.4 Å². The van der Waals surface area contributed by atoms with Crippen molar-refractivity contribution in [3.05, 3.63) is 79.1 Å². The Morgan fingerprint density at radius 2 is 1.97 bits per heavy atom. The second-order valence-electron chi connectivity index (χ2n) is 6.95. The maximum Gasteiger partial charge on any atom is 0.265 e. The van der Waals surface area contributed by atoms with Crippen LogP contribution in [-0.2, 0) is 10.0 Å². The lowest BCUT2D eigenvalue weighted by Crippen LogP contribution is -2.41. The lowest BCUT2D eigenvalue weighted by molar-refractivity contribution is -0.0563. The SMILES string of the molecule is C=C/C=C\C(=C/C=C)NC(=O)c1cccc(S(=O)(=O)N(O)C(CCC)C(C)CC)c1. The molecule has 1 amide bonds. The van der Waals surface area contributed by atoms with Crippen molar-refractivity contribution in [1.29, 1.82) is 0 Å². The second-order valence-corrected chi connectivity index (χ2v) is 8.75. The van der Waals surface area contributed by atoms with Crippen molar-refractivity contribution in [3.63, 3.8) is 0 Å². The molecule has 0 heterocycles. The van der Waals surface area contributed by atoms with E-state index in [-0.39, 0.29) is 16.4 Å². The predicted octanol–water partition coefficient (Wildman–Crippen LogP) is 4.82. The number of nitrogens with zero attached hydrogens (tertiary/aromatic N) is 1. The van der Waals surface area contributed by atoms with E-state index in [1.807, 2.05) is 20.8 Å². The van der Waals surface area contributed by atoms with Crippen LogP contribution in [0.5, 0.6) is 0 Å². The molecule has 1 rings (SSSR count). The first-order chi connectivity index (χ1) is 14.2. The molecular weight excluding hydrogens is 400 g/mol. The molecule has 0 spiro atoms. The minimum Gasteiger partial charge on any atom is -0.322 e. The van der Waals surface area contributed by atoms with E-state index in [2.05, 4.69) is 18.5 Å². The molecule has 164 valence electrons. The fourth-order valence-corrected chi connectivity index (χ4v) is 4.32. The van der Waals surface area contributed by atoms with Gasteiger partial charge in [-0.15, -0.1) is 0 Å². The summed E-state index contributed by atoms with van der Waals surface area (Å²) in [5.74, 6) is -0.496. The zero-order valence-electron chi connectivity index (χ0n) is 17.9. The summed E-state index contributed by atoms with van der Waals surface area (Å²) >= 11 is 0. The molecule has 0 aliphatic heterocycles. The number of carbonyl (C=O) groups is 1. The Hall–Kier alpha value is -2.48. The molecule has 0 aromatic heterocycles. The van der Waals surface area contributed by atoms with Crippen molar-refractivity contribution >= 4 is 15.9 Å². The van der Waals surface area contributed by atoms with E-state index in [0.717, 1.165) is 12.8 Å². The Morgan fingerprint density at radius 3 is 2.53 bits per heavy atom. The molecule has 1 aromatic carbocycles. The molecule has 0 aliphatic carbocycles. The number of hydrogen-bond acceptors (Lipinski definition) is 4. The van der Waals surface area contributed by atoms with E-state index in [4.69, 9.17) is 0 Å². The zero-order valence-corrected chi connectivity index (χ0v) is 18.7. The molecule has 2 unspecified atom stereocenters. The summed E-state index contributed by atoms with van der Waals surface area (Å²) in [6.45, 7) is 13.0. The van der Waals surface area contributed by atoms with Crippen molar-refractivity contribution in [3.8, 4) is 0 Å². The number of carbonyl (C=O) groups excluding carboxylic acids is 1. The summed E-state index contributed by atoms with van der Waals surface area (Å²) in [7, 11) is -4.17. The summed E-state index contributed by atoms with van der Waals surface area (Å²) < 4.78 is 26.5. The summed E-state index contributed by atoms with van der Waals surface area (Å²) in [4.78, 5) is 12.5. The van der Waals surface area contributed by atoms with Gasteiger partial charge in [0.15, 0.2) is 0 Å². The van der Waals surface area contributed by atoms with Crippen LogP contribution in [0.2, 0.25) is 0 Å². The molecular formula is C23H32N2O4S. The van der Waals surface area contributed by atoms with Crippen LogP contribution in [-0.4, -0.2) is 30.0 Å². The summed E-state index contributed by atoms with van der Waals surface area (Å²) in [6.07, 6.45) is 10.0. The number of hydrogen-bond donors (Lipinski definition) is 2. The highest BCUT2D eigenvalue weighted by molar-refractivity contribution is 7.89. The Bertz CT molecular complexity index is 904. The maximum atomic E-state index is 13.0. The molecule has 1 aromatic rings. The molecule has 0 bridgehead atoms. The van der Waals surface area contributed by atoms with Gasteiger partial charge < -0.3 is 5.32 Å². The van der Waals surface area contributed by atoms with Gasteiger partial charge in [0, 0.05) is 11.3 Å². The molecule has 0 fully saturated rings. The number of rotatable bonds is 12. The average molecular weight is 433 g/mol. The molecule has 2 atom stereocenters. The Morgan fingerprint density at radius 1 is 1.27 bits per heavy atom. The van der Waals surface area contributed by atoms with Gasteiger partial charge >= 0.3 is 0 Å². The van der Waals surface area contributed by atoms with Crippen LogP contribution in [0.3, 0.4) is 0 Å². The van der Waals surface area contributed by atoms with Crippen molar-refractivity contribution in [2.75, 3.05) is 0 Å². The average Bonchev–Trinajstić information content (AvgIpc) is 2.74. The smallest absolute Gasteiger partial charge is 0.265 e. The number of amides is 1. The van der Waals surface area contributed by atoms with Gasteiger partial charge in [-0.1, -0.05) is 75.5 Å². The first-order valence-corrected chi connectivity index (χ1v) is 11.4. The topological polar surface area (TPSA) is 86.7 Å². The van der Waals surface area contributed by atoms with E-state index in [9.17, 15) is 18.4 Å². The predicted molar refractivity (Wildman–Crippen MR) is 120 cm³/mol. The minimum atomic E-state index is -4.17. The lowest BCUT2D eigenvalue weighted by Gasteiger charge is -2.29. The first-order valence-electron chi connectivity index (χ1n) is 9.99. The van der Waals surface area contributed by atoms with E-state index in [1.54, 1.807) is 24.3 Å². The molecule has 0 saturated heterocycles. The molecule has 2 N–H and O–H groups in total. The van der Waals surface area contributed by atoms with Crippen LogP contribution in [0, 0.1) is 5.92 Å². The largest absolute Gasteiger partial charge is 0.322 e. The van der Waals surface area contributed by atoms with Crippen molar-refractivity contribution < 1.29 is 18.4 Å². The van der Waals surface area contributed by atoms with Crippen molar-refractivity contribution in [1.82, 2.24) is 9.79 Å². The highest BCUT2D eigenvalue weighted by Crippen LogP contribution is 2.25. The standard InChI is InChI=1S/C23H32N2O4S/c1-6-10-15-20(12-7-2)24-23(26)19-14-11-16-21(17-19)30(28,29)25(27)22(13-8-3)18(5)9-4/h6-7,10-12,14-18,22,27H,1-2,8-9,13H2,3-5H3,(H,24,26)/b15-10-,20-12+. The molecule has 6 nitrogen and oxygen atoms in total. The molecule has 7 heteroatoms. The summed E-state index contributed by atoms with van der Waals surface area (Å²) in [5.41, 5.74) is 0.633. The number of benzene rings is 1. The van der Waals surface area contributed by atoms with Gasteiger partial charge in [0.05, 0.1) is 10.9 Å². The molecule has 0 radical (unpaired) electrons. The number of sulfonamides is 1. The fraction of sp³-hybridized carbons (Fsp3) is 0.348. The monoisotopic (exact) mass is 432 g/mol. The van der Waals surface area contributed by atoms with Gasteiger partial charge in [-0.05, 0) is 42.7 Å². The Kier molecular flexibility index (Phi) is 10.5. The van der Waals surface area contributed by atoms with Crippen LogP contribution in [0.25, 0.3) is 0 Å². The van der Waals surface area contributed by atoms with Crippen molar-refractivity contribution in [2.45, 2.75) is 51.0 Å². The third-order valence-electron chi connectivity index (χ3n) is 4.78. The second kappa shape index (κ2) is 12.3. The molecule has 0 saturated carbocycles. The fourth-order valence-electron chi connectivity index (χ4n) is 2.91. The number of allylic oxidation sites excluding steroid dienone is 5. The molecule has 30 heavy (non-hydrogen) atoms. The van der Waals surface area contributed by atoms with Gasteiger partial charge in [0.2, 0.25) is 0 Å². The third kappa shape index (κ3) is 6.79. The van der Waals surface area contributed by atoms with Gasteiger partial charge in [-0.25, -0.2) is 8.42 Å². The van der Waals surface area contributed by atoms with E-state index in [0.29, 0.717) is 16.6 Å². The van der Waals surface area contributed by atoms with Gasteiger partial charge in [-0.2, -0.15) is 0 Å². The number of hydroxylamine groups is 1. The van der Waals surface area contributed by atoms with Crippen LogP contribution in [0.1, 0.15) is 50.4 Å². The van der Waals surface area contributed by atoms with E-state index < -0.39 is 22.0 Å². The normalized spacial score (nSPS) is 14.5. The van der Waals surface area contributed by atoms with Gasteiger partial charge in [0.1, 0.15) is 0 Å².